The zero-order valence-electron chi connectivity index (χ0n) is 19.8. The van der Waals surface area contributed by atoms with E-state index in [1.807, 2.05) is 24.3 Å². The fourth-order valence-electron chi connectivity index (χ4n) is 5.38. The van der Waals surface area contributed by atoms with Crippen molar-refractivity contribution in [3.05, 3.63) is 52.7 Å². The highest BCUT2D eigenvalue weighted by Crippen LogP contribution is 2.43. The number of fused-ring (bicyclic) bond motifs is 1. The van der Waals surface area contributed by atoms with Crippen molar-refractivity contribution < 1.29 is 21.6 Å². The molecule has 2 aliphatic heterocycles. The number of anilines is 1. The normalized spacial score (nSPS) is 22.2. The Morgan fingerprint density at radius 3 is 2.56 bits per heavy atom. The summed E-state index contributed by atoms with van der Waals surface area (Å²) in [5, 5.41) is 5.22. The molecule has 5 rings (SSSR count). The van der Waals surface area contributed by atoms with Gasteiger partial charge in [0, 0.05) is 36.5 Å². The van der Waals surface area contributed by atoms with E-state index < -0.39 is 27.9 Å². The Labute approximate surface area is 212 Å². The largest absolute Gasteiger partial charge is 0.393 e. The van der Waals surface area contributed by atoms with Crippen LogP contribution in [0.25, 0.3) is 10.2 Å². The Morgan fingerprint density at radius 1 is 1.14 bits per heavy atom. The number of aromatic nitrogens is 2. The summed E-state index contributed by atoms with van der Waals surface area (Å²) in [7, 11) is -3.63. The fourth-order valence-corrected chi connectivity index (χ4v) is 6.94. The molecule has 2 aliphatic rings. The van der Waals surface area contributed by atoms with Gasteiger partial charge in [0.15, 0.2) is 0 Å². The van der Waals surface area contributed by atoms with E-state index in [0.29, 0.717) is 15.8 Å². The molecule has 2 N–H and O–H groups in total. The Kier molecular flexibility index (Phi) is 6.51. The third kappa shape index (κ3) is 5.36. The van der Waals surface area contributed by atoms with Gasteiger partial charge in [-0.05, 0) is 43.5 Å². The average molecular weight is 540 g/mol. The number of sulfonamides is 1. The summed E-state index contributed by atoms with van der Waals surface area (Å²) in [5.41, 5.74) is 1.90. The summed E-state index contributed by atoms with van der Waals surface area (Å²) >= 11 is 1.08. The Bertz CT molecular complexity index is 1360. The molecule has 1 aromatic carbocycles. The lowest BCUT2D eigenvalue weighted by molar-refractivity contribution is -0.126. The third-order valence-corrected chi connectivity index (χ3v) is 9.64. The summed E-state index contributed by atoms with van der Waals surface area (Å²) in [6.07, 6.45) is -1.72. The Hall–Kier alpha value is -2.28. The lowest BCUT2D eigenvalue weighted by Gasteiger charge is -2.25. The summed E-state index contributed by atoms with van der Waals surface area (Å²) in [4.78, 5) is 14.1. The van der Waals surface area contributed by atoms with Crippen LogP contribution in [0.4, 0.5) is 19.0 Å². The van der Waals surface area contributed by atoms with Crippen molar-refractivity contribution in [2.75, 3.05) is 31.1 Å². The number of likely N-dealkylation sites (tertiary alicyclic amines) is 1. The Morgan fingerprint density at radius 2 is 1.86 bits per heavy atom. The van der Waals surface area contributed by atoms with Crippen LogP contribution in [0.15, 0.2) is 36.7 Å². The molecule has 1 spiro atoms. The van der Waals surface area contributed by atoms with E-state index in [1.165, 1.54) is 6.33 Å². The maximum Gasteiger partial charge on any atom is 0.393 e. The minimum Gasteiger partial charge on any atom is -0.355 e. The first-order valence-corrected chi connectivity index (χ1v) is 14.2. The second-order valence-electron chi connectivity index (χ2n) is 10.0. The average Bonchev–Trinajstić information content (AvgIpc) is 3.50. The van der Waals surface area contributed by atoms with Crippen molar-refractivity contribution in [1.82, 2.24) is 14.9 Å². The van der Waals surface area contributed by atoms with Gasteiger partial charge in [-0.3, -0.25) is 4.90 Å². The van der Waals surface area contributed by atoms with E-state index in [2.05, 4.69) is 19.8 Å². The molecule has 194 valence electrons. The highest BCUT2D eigenvalue weighted by atomic mass is 32.2. The number of hydrogen-bond acceptors (Lipinski definition) is 7. The van der Waals surface area contributed by atoms with Crippen LogP contribution < -0.4 is 10.0 Å². The number of nitrogens with zero attached hydrogens (tertiary/aromatic N) is 4. The molecule has 3 aromatic rings. The predicted octanol–water partition coefficient (Wildman–Crippen LogP) is 4.25. The van der Waals surface area contributed by atoms with E-state index in [0.717, 1.165) is 68.3 Å². The molecule has 2 saturated heterocycles. The summed E-state index contributed by atoms with van der Waals surface area (Å²) in [6.45, 7) is 5.86. The molecule has 0 aliphatic carbocycles. The van der Waals surface area contributed by atoms with Crippen LogP contribution in [-0.4, -0.2) is 55.6 Å². The predicted molar refractivity (Wildman–Crippen MR) is 134 cm³/mol. The van der Waals surface area contributed by atoms with E-state index in [-0.39, 0.29) is 10.3 Å². The van der Waals surface area contributed by atoms with Gasteiger partial charge >= 0.3 is 6.18 Å². The molecule has 12 heteroatoms. The molecule has 0 amide bonds. The van der Waals surface area contributed by atoms with Crippen LogP contribution in [0, 0.1) is 5.41 Å². The van der Waals surface area contributed by atoms with Crippen molar-refractivity contribution in [3.8, 4) is 0 Å². The highest BCUT2D eigenvalue weighted by molar-refractivity contribution is 7.89. The van der Waals surface area contributed by atoms with Crippen LogP contribution in [-0.2, 0) is 23.0 Å². The van der Waals surface area contributed by atoms with Gasteiger partial charge in [-0.1, -0.05) is 24.3 Å². The molecule has 2 unspecified atom stereocenters. The number of benzene rings is 1. The molecule has 2 aromatic heterocycles. The lowest BCUT2D eigenvalue weighted by Crippen LogP contribution is -2.31. The summed E-state index contributed by atoms with van der Waals surface area (Å²) in [5.74, 6) is 0.722. The van der Waals surface area contributed by atoms with E-state index in [4.69, 9.17) is 5.14 Å². The van der Waals surface area contributed by atoms with Crippen LogP contribution in [0.5, 0.6) is 0 Å². The number of alkyl halides is 3. The van der Waals surface area contributed by atoms with Gasteiger partial charge in [0.05, 0.1) is 17.1 Å². The molecule has 0 saturated carbocycles. The van der Waals surface area contributed by atoms with Crippen molar-refractivity contribution in [2.45, 2.75) is 44.2 Å². The monoisotopic (exact) mass is 539 g/mol. The lowest BCUT2D eigenvalue weighted by atomic mass is 9.86. The van der Waals surface area contributed by atoms with Gasteiger partial charge < -0.3 is 4.90 Å². The van der Waals surface area contributed by atoms with Gasteiger partial charge in [0.2, 0.25) is 10.0 Å². The number of halogens is 3. The van der Waals surface area contributed by atoms with Crippen LogP contribution in [0.1, 0.15) is 41.0 Å². The van der Waals surface area contributed by atoms with Gasteiger partial charge in [-0.15, -0.1) is 11.3 Å². The van der Waals surface area contributed by atoms with E-state index >= 15 is 0 Å². The van der Waals surface area contributed by atoms with Gasteiger partial charge in [0.25, 0.3) is 0 Å². The molecule has 0 bridgehead atoms. The topological polar surface area (TPSA) is 92.4 Å². The molecule has 36 heavy (non-hydrogen) atoms. The highest BCUT2D eigenvalue weighted by Gasteiger charge is 2.44. The van der Waals surface area contributed by atoms with Gasteiger partial charge in [-0.2, -0.15) is 13.2 Å². The molecule has 0 radical (unpaired) electrons. The first-order valence-electron chi connectivity index (χ1n) is 11.8. The quantitative estimate of drug-likeness (QED) is 0.504. The standard InChI is InChI=1S/C24H28F3N5O2S2/c1-16(36(28,33)34)18-4-2-17(3-5-18)12-31-8-6-23(13-31)7-9-32(14-23)21-20-10-19(11-24(25,26)27)35-22(20)30-15-29-21/h2-5,10,15-16H,6-9,11-14H2,1H3,(H2,28,33,34). The number of rotatable bonds is 6. The third-order valence-electron chi connectivity index (χ3n) is 7.34. The SMILES string of the molecule is CC(c1ccc(CN2CCC3(CCN(c4ncnc5sc(CC(F)(F)F)cc45)C3)C2)cc1)S(N)(=O)=O. The van der Waals surface area contributed by atoms with Crippen molar-refractivity contribution in [1.29, 1.82) is 0 Å². The first-order chi connectivity index (χ1) is 16.9. The van der Waals surface area contributed by atoms with Crippen molar-refractivity contribution >= 4 is 37.4 Å². The molecule has 2 fully saturated rings. The second-order valence-corrected chi connectivity index (χ2v) is 13.0. The number of nitrogens with two attached hydrogens (primary N) is 1. The number of hydrogen-bond donors (Lipinski definition) is 1. The minimum absolute atomic E-state index is 0.115. The number of primary sulfonamides is 1. The van der Waals surface area contributed by atoms with Crippen molar-refractivity contribution in [2.24, 2.45) is 10.6 Å². The van der Waals surface area contributed by atoms with Crippen LogP contribution in [0.2, 0.25) is 0 Å². The molecule has 7 nitrogen and oxygen atoms in total. The maximum absolute atomic E-state index is 12.9. The molecular formula is C24H28F3N5O2S2. The second kappa shape index (κ2) is 9.23. The van der Waals surface area contributed by atoms with E-state index in [9.17, 15) is 21.6 Å². The molecular weight excluding hydrogens is 511 g/mol. The van der Waals surface area contributed by atoms with Crippen LogP contribution in [0.3, 0.4) is 0 Å². The molecule has 2 atom stereocenters. The maximum atomic E-state index is 12.9. The Balaban J connectivity index is 1.25. The van der Waals surface area contributed by atoms with E-state index in [1.54, 1.807) is 13.0 Å². The summed E-state index contributed by atoms with van der Waals surface area (Å²) in [6, 6.07) is 9.14. The van der Waals surface area contributed by atoms with Crippen molar-refractivity contribution in [3.63, 3.8) is 0 Å². The fraction of sp³-hybridized carbons (Fsp3) is 0.500. The smallest absolute Gasteiger partial charge is 0.355 e. The zero-order chi connectivity index (χ0) is 25.7. The van der Waals surface area contributed by atoms with Crippen LogP contribution >= 0.6 is 11.3 Å². The van der Waals surface area contributed by atoms with Gasteiger partial charge in [0.1, 0.15) is 17.0 Å². The number of thiophene rings is 1. The van der Waals surface area contributed by atoms with Gasteiger partial charge in [-0.25, -0.2) is 23.5 Å². The summed E-state index contributed by atoms with van der Waals surface area (Å²) < 4.78 is 61.9. The minimum atomic E-state index is -4.25. The molecule has 4 heterocycles. The first kappa shape index (κ1) is 25.4. The zero-order valence-corrected chi connectivity index (χ0v) is 21.5.